The molecule has 1 atom stereocenters. The minimum Gasteiger partial charge on any atom is -0.316 e. The maximum atomic E-state index is 3.69. The Bertz CT molecular complexity index is 227. The van der Waals surface area contributed by atoms with Gasteiger partial charge in [0.1, 0.15) is 0 Å². The molecule has 1 rings (SSSR count). The summed E-state index contributed by atoms with van der Waals surface area (Å²) in [4.78, 5) is 2.59. The van der Waals surface area contributed by atoms with E-state index in [1.807, 2.05) is 11.8 Å². The summed E-state index contributed by atoms with van der Waals surface area (Å²) < 4.78 is 0. The molecule has 1 unspecified atom stereocenters. The van der Waals surface area contributed by atoms with E-state index in [1.165, 1.54) is 63.9 Å². The summed E-state index contributed by atoms with van der Waals surface area (Å²) >= 11 is 1.96. The van der Waals surface area contributed by atoms with Crippen LogP contribution >= 0.6 is 11.8 Å². The molecule has 114 valence electrons. The van der Waals surface area contributed by atoms with Crippen molar-refractivity contribution >= 4 is 11.8 Å². The average molecular weight is 287 g/mol. The molecule has 0 heterocycles. The van der Waals surface area contributed by atoms with Crippen LogP contribution in [-0.2, 0) is 0 Å². The standard InChI is InChI=1S/C16H34N2S/c1-5-11-17-13-16(9-7-6-8-10-16)14-18(3)15(2)12-19-4/h15,17H,5-14H2,1-4H3. The fraction of sp³-hybridized carbons (Fsp3) is 1.00. The third kappa shape index (κ3) is 6.05. The third-order valence-electron chi connectivity index (χ3n) is 4.59. The summed E-state index contributed by atoms with van der Waals surface area (Å²) in [6.45, 7) is 8.29. The molecule has 1 fully saturated rings. The quantitative estimate of drug-likeness (QED) is 0.652. The van der Waals surface area contributed by atoms with E-state index >= 15 is 0 Å². The van der Waals surface area contributed by atoms with Crippen LogP contribution < -0.4 is 5.32 Å². The molecule has 1 aliphatic rings. The zero-order valence-electron chi connectivity index (χ0n) is 13.5. The minimum atomic E-state index is 0.537. The Labute approximate surface area is 125 Å². The zero-order chi connectivity index (χ0) is 14.1. The SMILES string of the molecule is CCCNCC1(CN(C)C(C)CSC)CCCCC1. The molecule has 3 heteroatoms. The van der Waals surface area contributed by atoms with Crippen LogP contribution in [0.15, 0.2) is 0 Å². The van der Waals surface area contributed by atoms with Gasteiger partial charge in [-0.1, -0.05) is 26.2 Å². The van der Waals surface area contributed by atoms with E-state index in [-0.39, 0.29) is 0 Å². The lowest BCUT2D eigenvalue weighted by molar-refractivity contribution is 0.102. The third-order valence-corrected chi connectivity index (χ3v) is 5.40. The van der Waals surface area contributed by atoms with E-state index in [4.69, 9.17) is 0 Å². The first-order valence-electron chi connectivity index (χ1n) is 8.03. The van der Waals surface area contributed by atoms with Crippen molar-refractivity contribution in [1.29, 1.82) is 0 Å². The van der Waals surface area contributed by atoms with Crippen LogP contribution in [0.4, 0.5) is 0 Å². The van der Waals surface area contributed by atoms with Gasteiger partial charge in [-0.15, -0.1) is 0 Å². The Balaban J connectivity index is 2.52. The number of hydrogen-bond acceptors (Lipinski definition) is 3. The number of nitrogens with one attached hydrogen (secondary N) is 1. The zero-order valence-corrected chi connectivity index (χ0v) is 14.3. The molecule has 0 spiro atoms. The molecular weight excluding hydrogens is 252 g/mol. The van der Waals surface area contributed by atoms with E-state index in [1.54, 1.807) is 0 Å². The molecule has 0 radical (unpaired) electrons. The summed E-state index contributed by atoms with van der Waals surface area (Å²) in [5, 5.41) is 3.69. The molecule has 1 saturated carbocycles. The van der Waals surface area contributed by atoms with Gasteiger partial charge in [-0.3, -0.25) is 0 Å². The molecular formula is C16H34N2S. The summed E-state index contributed by atoms with van der Waals surface area (Å²) in [5.74, 6) is 1.25. The van der Waals surface area contributed by atoms with Crippen LogP contribution in [0.3, 0.4) is 0 Å². The molecule has 0 aliphatic heterocycles. The van der Waals surface area contributed by atoms with Gasteiger partial charge in [0, 0.05) is 24.9 Å². The first kappa shape index (κ1) is 17.3. The Morgan fingerprint density at radius 1 is 1.26 bits per heavy atom. The first-order chi connectivity index (χ1) is 9.13. The molecule has 1 N–H and O–H groups in total. The van der Waals surface area contributed by atoms with E-state index in [2.05, 4.69) is 37.4 Å². The summed E-state index contributed by atoms with van der Waals surface area (Å²) in [7, 11) is 2.32. The highest BCUT2D eigenvalue weighted by Crippen LogP contribution is 2.36. The second kappa shape index (κ2) is 9.25. The van der Waals surface area contributed by atoms with E-state index in [0.29, 0.717) is 11.5 Å². The molecule has 2 nitrogen and oxygen atoms in total. The van der Waals surface area contributed by atoms with Gasteiger partial charge in [0.05, 0.1) is 0 Å². The maximum Gasteiger partial charge on any atom is 0.0155 e. The highest BCUT2D eigenvalue weighted by molar-refractivity contribution is 7.98. The highest BCUT2D eigenvalue weighted by Gasteiger charge is 2.33. The van der Waals surface area contributed by atoms with Crippen LogP contribution in [0.5, 0.6) is 0 Å². The van der Waals surface area contributed by atoms with Gasteiger partial charge in [-0.05, 0) is 51.4 Å². The number of nitrogens with zero attached hydrogens (tertiary/aromatic N) is 1. The van der Waals surface area contributed by atoms with Crippen LogP contribution in [0.2, 0.25) is 0 Å². The largest absolute Gasteiger partial charge is 0.316 e. The first-order valence-corrected chi connectivity index (χ1v) is 9.43. The highest BCUT2D eigenvalue weighted by atomic mass is 32.2. The Hall–Kier alpha value is 0.270. The Morgan fingerprint density at radius 2 is 1.95 bits per heavy atom. The monoisotopic (exact) mass is 286 g/mol. The fourth-order valence-corrected chi connectivity index (χ4v) is 4.01. The smallest absolute Gasteiger partial charge is 0.0155 e. The molecule has 0 aromatic heterocycles. The average Bonchev–Trinajstić information content (AvgIpc) is 2.40. The second-order valence-corrected chi connectivity index (χ2v) is 7.37. The van der Waals surface area contributed by atoms with Gasteiger partial charge in [-0.25, -0.2) is 0 Å². The molecule has 0 bridgehead atoms. The van der Waals surface area contributed by atoms with Crippen molar-refractivity contribution in [1.82, 2.24) is 10.2 Å². The normalized spacial score (nSPS) is 20.7. The molecule has 0 aromatic carbocycles. The predicted molar refractivity (Wildman–Crippen MR) is 89.2 cm³/mol. The molecule has 0 saturated heterocycles. The van der Waals surface area contributed by atoms with Crippen LogP contribution in [0, 0.1) is 5.41 Å². The van der Waals surface area contributed by atoms with Crippen molar-refractivity contribution in [2.24, 2.45) is 5.41 Å². The summed E-state index contributed by atoms with van der Waals surface area (Å²) in [6.07, 6.45) is 10.6. The van der Waals surface area contributed by atoms with E-state index in [9.17, 15) is 0 Å². The summed E-state index contributed by atoms with van der Waals surface area (Å²) in [5.41, 5.74) is 0.537. The minimum absolute atomic E-state index is 0.537. The number of rotatable bonds is 9. The lowest BCUT2D eigenvalue weighted by atomic mass is 9.73. The van der Waals surface area contributed by atoms with Crippen LogP contribution in [-0.4, -0.2) is 49.6 Å². The second-order valence-electron chi connectivity index (χ2n) is 6.46. The van der Waals surface area contributed by atoms with Gasteiger partial charge < -0.3 is 10.2 Å². The Kier molecular flexibility index (Phi) is 8.43. The van der Waals surface area contributed by atoms with Crippen molar-refractivity contribution in [2.45, 2.75) is 58.4 Å². The van der Waals surface area contributed by atoms with Gasteiger partial charge in [-0.2, -0.15) is 11.8 Å². The van der Waals surface area contributed by atoms with Gasteiger partial charge in [0.15, 0.2) is 0 Å². The molecule has 0 aromatic rings. The van der Waals surface area contributed by atoms with Gasteiger partial charge in [0.2, 0.25) is 0 Å². The molecule has 1 aliphatic carbocycles. The number of hydrogen-bond donors (Lipinski definition) is 1. The van der Waals surface area contributed by atoms with Crippen molar-refractivity contribution in [3.05, 3.63) is 0 Å². The van der Waals surface area contributed by atoms with Crippen molar-refractivity contribution in [3.63, 3.8) is 0 Å². The van der Waals surface area contributed by atoms with E-state index in [0.717, 1.165) is 0 Å². The molecule has 0 amide bonds. The Morgan fingerprint density at radius 3 is 2.53 bits per heavy atom. The van der Waals surface area contributed by atoms with Crippen molar-refractivity contribution in [2.75, 3.05) is 38.7 Å². The van der Waals surface area contributed by atoms with Crippen LogP contribution in [0.25, 0.3) is 0 Å². The van der Waals surface area contributed by atoms with Gasteiger partial charge >= 0.3 is 0 Å². The lowest BCUT2D eigenvalue weighted by Gasteiger charge is -2.42. The van der Waals surface area contributed by atoms with Crippen molar-refractivity contribution < 1.29 is 0 Å². The number of thioether (sulfide) groups is 1. The predicted octanol–water partition coefficient (Wildman–Crippen LogP) is 3.62. The maximum absolute atomic E-state index is 3.69. The van der Waals surface area contributed by atoms with Gasteiger partial charge in [0.25, 0.3) is 0 Å². The van der Waals surface area contributed by atoms with Crippen LogP contribution in [0.1, 0.15) is 52.4 Å². The lowest BCUT2D eigenvalue weighted by Crippen LogP contribution is -2.47. The fourth-order valence-electron chi connectivity index (χ4n) is 3.28. The summed E-state index contributed by atoms with van der Waals surface area (Å²) in [6, 6.07) is 0.694. The van der Waals surface area contributed by atoms with E-state index < -0.39 is 0 Å². The molecule has 19 heavy (non-hydrogen) atoms. The van der Waals surface area contributed by atoms with Crippen molar-refractivity contribution in [3.8, 4) is 0 Å². The topological polar surface area (TPSA) is 15.3 Å².